The molecule has 1 aliphatic rings. The van der Waals surface area contributed by atoms with Crippen LogP contribution in [0.2, 0.25) is 0 Å². The Bertz CT molecular complexity index is 1380. The number of nitrogens with zero attached hydrogens (tertiary/aromatic N) is 6. The summed E-state index contributed by atoms with van der Waals surface area (Å²) < 4.78 is 44.7. The van der Waals surface area contributed by atoms with Crippen LogP contribution in [0.3, 0.4) is 0 Å². The Morgan fingerprint density at radius 1 is 1.15 bits per heavy atom. The van der Waals surface area contributed by atoms with Crippen molar-refractivity contribution in [2.24, 2.45) is 12.8 Å². The van der Waals surface area contributed by atoms with Crippen molar-refractivity contribution in [2.45, 2.75) is 25.3 Å². The normalized spacial score (nSPS) is 17.7. The summed E-state index contributed by atoms with van der Waals surface area (Å²) in [4.78, 5) is 21.9. The number of alkyl halides is 2. The van der Waals surface area contributed by atoms with Gasteiger partial charge in [-0.05, 0) is 43.3 Å². The topological polar surface area (TPSA) is 94.3 Å². The number of benzene rings is 1. The highest BCUT2D eigenvalue weighted by molar-refractivity contribution is 5.84. The summed E-state index contributed by atoms with van der Waals surface area (Å²) in [6, 6.07) is 8.33. The first-order valence-corrected chi connectivity index (χ1v) is 10.2. The molecule has 4 aromatic rings. The zero-order chi connectivity index (χ0) is 23.5. The standard InChI is InChI=1S/C22H20F3N7O/c1-12-27-19(13-3-5-14(23)6-4-13)20(30(12)2)15-7-8-17-28-18(10-32(17)29-15)31-11-22(24,25)9-16(31)21(26)33/h3-8,10,16H,9,11H2,1-2H3,(H2,26,33)/t16-/m0/s1. The molecule has 11 heteroatoms. The Balaban J connectivity index is 1.58. The maximum Gasteiger partial charge on any atom is 0.267 e. The lowest BCUT2D eigenvalue weighted by atomic mass is 10.1. The highest BCUT2D eigenvalue weighted by atomic mass is 19.3. The summed E-state index contributed by atoms with van der Waals surface area (Å²) in [6.07, 6.45) is 0.848. The maximum absolute atomic E-state index is 14.0. The molecule has 0 radical (unpaired) electrons. The van der Waals surface area contributed by atoms with Gasteiger partial charge in [-0.3, -0.25) is 4.79 Å². The van der Waals surface area contributed by atoms with E-state index in [0.717, 1.165) is 11.4 Å². The molecule has 33 heavy (non-hydrogen) atoms. The number of primary amides is 1. The second-order valence-electron chi connectivity index (χ2n) is 8.15. The van der Waals surface area contributed by atoms with Gasteiger partial charge in [0.2, 0.25) is 5.91 Å². The van der Waals surface area contributed by atoms with Crippen LogP contribution in [0.4, 0.5) is 19.0 Å². The van der Waals surface area contributed by atoms with E-state index < -0.39 is 30.8 Å². The third-order valence-electron chi connectivity index (χ3n) is 5.88. The lowest BCUT2D eigenvalue weighted by Crippen LogP contribution is -2.40. The molecule has 3 aromatic heterocycles. The summed E-state index contributed by atoms with van der Waals surface area (Å²) in [7, 11) is 1.85. The van der Waals surface area contributed by atoms with Crippen LogP contribution in [0.15, 0.2) is 42.6 Å². The second kappa shape index (κ2) is 7.32. The molecule has 0 bridgehead atoms. The van der Waals surface area contributed by atoms with Crippen LogP contribution >= 0.6 is 0 Å². The molecule has 4 heterocycles. The van der Waals surface area contributed by atoms with E-state index in [-0.39, 0.29) is 11.6 Å². The van der Waals surface area contributed by atoms with Crippen molar-refractivity contribution < 1.29 is 18.0 Å². The first-order valence-electron chi connectivity index (χ1n) is 10.2. The van der Waals surface area contributed by atoms with E-state index in [9.17, 15) is 18.0 Å². The number of halogens is 3. The summed E-state index contributed by atoms with van der Waals surface area (Å²) in [5, 5.41) is 4.61. The summed E-state index contributed by atoms with van der Waals surface area (Å²) in [5.41, 5.74) is 8.40. The largest absolute Gasteiger partial charge is 0.368 e. The monoisotopic (exact) mass is 455 g/mol. The van der Waals surface area contributed by atoms with E-state index in [1.165, 1.54) is 27.7 Å². The van der Waals surface area contributed by atoms with Crippen LogP contribution in [0.25, 0.3) is 28.3 Å². The maximum atomic E-state index is 14.0. The third-order valence-corrected chi connectivity index (χ3v) is 5.88. The fourth-order valence-electron chi connectivity index (χ4n) is 4.16. The Morgan fingerprint density at radius 3 is 2.58 bits per heavy atom. The molecule has 1 saturated heterocycles. The predicted octanol–water partition coefficient (Wildman–Crippen LogP) is 2.94. The van der Waals surface area contributed by atoms with Crippen molar-refractivity contribution in [3.63, 3.8) is 0 Å². The zero-order valence-electron chi connectivity index (χ0n) is 17.8. The molecule has 2 N–H and O–H groups in total. The smallest absolute Gasteiger partial charge is 0.267 e. The fourth-order valence-corrected chi connectivity index (χ4v) is 4.16. The molecule has 1 atom stereocenters. The Hall–Kier alpha value is -3.89. The van der Waals surface area contributed by atoms with E-state index in [1.807, 2.05) is 18.5 Å². The number of nitrogens with two attached hydrogens (primary N) is 1. The first kappa shape index (κ1) is 21.0. The molecule has 1 aliphatic heterocycles. The average Bonchev–Trinajstić information content (AvgIpc) is 3.41. The SMILES string of the molecule is Cc1nc(-c2ccc(F)cc2)c(-c2ccc3nc(N4CC(F)(F)C[C@H]4C(N)=O)cn3n2)n1C. The molecular formula is C22H20F3N7O. The number of carbonyl (C=O) groups excluding carboxylic acids is 1. The van der Waals surface area contributed by atoms with Gasteiger partial charge >= 0.3 is 0 Å². The number of imidazole rings is 2. The number of hydrogen-bond donors (Lipinski definition) is 1. The number of anilines is 1. The van der Waals surface area contributed by atoms with Gasteiger partial charge in [0.05, 0.1) is 24.1 Å². The molecule has 1 amide bonds. The summed E-state index contributed by atoms with van der Waals surface area (Å²) in [6.45, 7) is 1.20. The summed E-state index contributed by atoms with van der Waals surface area (Å²) in [5.74, 6) is -3.28. The molecule has 8 nitrogen and oxygen atoms in total. The van der Waals surface area contributed by atoms with Crippen LogP contribution in [0.1, 0.15) is 12.2 Å². The average molecular weight is 455 g/mol. The quantitative estimate of drug-likeness (QED) is 0.511. The van der Waals surface area contributed by atoms with Gasteiger partial charge in [-0.1, -0.05) is 0 Å². The van der Waals surface area contributed by atoms with Gasteiger partial charge in [-0.15, -0.1) is 0 Å². The zero-order valence-corrected chi connectivity index (χ0v) is 17.8. The van der Waals surface area contributed by atoms with Gasteiger partial charge in [0.1, 0.15) is 23.4 Å². The molecule has 0 spiro atoms. The van der Waals surface area contributed by atoms with Crippen LogP contribution in [-0.2, 0) is 11.8 Å². The van der Waals surface area contributed by atoms with Crippen molar-refractivity contribution in [2.75, 3.05) is 11.4 Å². The van der Waals surface area contributed by atoms with Crippen molar-refractivity contribution in [1.82, 2.24) is 24.1 Å². The van der Waals surface area contributed by atoms with Crippen LogP contribution < -0.4 is 10.6 Å². The molecule has 0 unspecified atom stereocenters. The van der Waals surface area contributed by atoms with Gasteiger partial charge in [-0.25, -0.2) is 27.7 Å². The number of amides is 1. The number of rotatable bonds is 4. The number of aryl methyl sites for hydroxylation is 1. The molecule has 170 valence electrons. The minimum Gasteiger partial charge on any atom is -0.368 e. The van der Waals surface area contributed by atoms with Gasteiger partial charge in [0.15, 0.2) is 11.5 Å². The van der Waals surface area contributed by atoms with Crippen LogP contribution in [-0.4, -0.2) is 48.6 Å². The Morgan fingerprint density at radius 2 is 1.88 bits per heavy atom. The molecular weight excluding hydrogens is 435 g/mol. The highest BCUT2D eigenvalue weighted by Gasteiger charge is 2.48. The van der Waals surface area contributed by atoms with Gasteiger partial charge < -0.3 is 15.2 Å². The molecule has 0 aliphatic carbocycles. The third kappa shape index (κ3) is 3.59. The van der Waals surface area contributed by atoms with Crippen molar-refractivity contribution in [1.29, 1.82) is 0 Å². The number of aromatic nitrogens is 5. The van der Waals surface area contributed by atoms with Gasteiger partial charge in [0, 0.05) is 19.0 Å². The number of hydrogen-bond acceptors (Lipinski definition) is 5. The Kier molecular flexibility index (Phi) is 4.66. The van der Waals surface area contributed by atoms with Gasteiger partial charge in [-0.2, -0.15) is 5.10 Å². The lowest BCUT2D eigenvalue weighted by molar-refractivity contribution is -0.119. The molecule has 1 fully saturated rings. The fraction of sp³-hybridized carbons (Fsp3) is 0.273. The van der Waals surface area contributed by atoms with Crippen molar-refractivity contribution >= 4 is 17.4 Å². The predicted molar refractivity (Wildman–Crippen MR) is 115 cm³/mol. The van der Waals surface area contributed by atoms with Crippen LogP contribution in [0.5, 0.6) is 0 Å². The minimum atomic E-state index is -3.04. The van der Waals surface area contributed by atoms with Crippen LogP contribution in [0, 0.1) is 12.7 Å². The highest BCUT2D eigenvalue weighted by Crippen LogP contribution is 2.36. The van der Waals surface area contributed by atoms with E-state index in [2.05, 4.69) is 15.1 Å². The summed E-state index contributed by atoms with van der Waals surface area (Å²) >= 11 is 0. The Labute approximate surface area is 186 Å². The van der Waals surface area contributed by atoms with Gasteiger partial charge in [0.25, 0.3) is 5.92 Å². The lowest BCUT2D eigenvalue weighted by Gasteiger charge is -2.20. The second-order valence-corrected chi connectivity index (χ2v) is 8.15. The number of carbonyl (C=O) groups is 1. The van der Waals surface area contributed by atoms with Crippen molar-refractivity contribution in [3.8, 4) is 22.6 Å². The molecule has 5 rings (SSSR count). The van der Waals surface area contributed by atoms with E-state index in [1.54, 1.807) is 24.3 Å². The van der Waals surface area contributed by atoms with Crippen molar-refractivity contribution in [3.05, 3.63) is 54.2 Å². The van der Waals surface area contributed by atoms with E-state index >= 15 is 0 Å². The first-order chi connectivity index (χ1) is 15.6. The molecule has 0 saturated carbocycles. The molecule has 1 aromatic carbocycles. The minimum absolute atomic E-state index is 0.195. The van der Waals surface area contributed by atoms with E-state index in [4.69, 9.17) is 5.73 Å². The van der Waals surface area contributed by atoms with E-state index in [0.29, 0.717) is 22.7 Å². The number of fused-ring (bicyclic) bond motifs is 1.